The molecule has 0 aromatic heterocycles. The number of hydrogen-bond acceptors (Lipinski definition) is 4. The lowest BCUT2D eigenvalue weighted by molar-refractivity contribution is -0.143. The Balaban J connectivity index is 3.30. The van der Waals surface area contributed by atoms with Crippen LogP contribution in [0.4, 0.5) is 0 Å². The van der Waals surface area contributed by atoms with Crippen LogP contribution in [-0.4, -0.2) is 32.0 Å². The lowest BCUT2D eigenvalue weighted by Gasteiger charge is -2.01. The van der Waals surface area contributed by atoms with Crippen LogP contribution in [0.5, 0.6) is 0 Å². The number of esters is 1. The molecular formula is C7H13NO3. The van der Waals surface area contributed by atoms with Crippen LogP contribution in [0.15, 0.2) is 0 Å². The van der Waals surface area contributed by atoms with Crippen LogP contribution in [0.1, 0.15) is 13.3 Å². The normalized spacial score (nSPS) is 9.27. The molecule has 4 nitrogen and oxygen atoms in total. The van der Waals surface area contributed by atoms with Crippen LogP contribution < -0.4 is 0 Å². The van der Waals surface area contributed by atoms with Gasteiger partial charge in [0.1, 0.15) is 6.61 Å². The van der Waals surface area contributed by atoms with Crippen molar-refractivity contribution in [2.24, 2.45) is 0 Å². The van der Waals surface area contributed by atoms with E-state index < -0.39 is 0 Å². The zero-order valence-corrected chi connectivity index (χ0v) is 6.85. The van der Waals surface area contributed by atoms with Gasteiger partial charge in [-0.1, -0.05) is 0 Å². The molecule has 0 radical (unpaired) electrons. The molecular weight excluding hydrogens is 146 g/mol. The summed E-state index contributed by atoms with van der Waals surface area (Å²) in [5.74, 6) is -0.366. The third kappa shape index (κ3) is 6.99. The maximum absolute atomic E-state index is 10.7. The quantitative estimate of drug-likeness (QED) is 0.363. The Morgan fingerprint density at radius 2 is 2.09 bits per heavy atom. The molecule has 1 N–H and O–H groups in total. The summed E-state index contributed by atoms with van der Waals surface area (Å²) in [6, 6.07) is 0. The van der Waals surface area contributed by atoms with Gasteiger partial charge in [0.25, 0.3) is 0 Å². The number of rotatable bonds is 5. The molecule has 64 valence electrons. The molecule has 0 atom stereocenters. The van der Waals surface area contributed by atoms with Gasteiger partial charge >= 0.3 is 5.97 Å². The van der Waals surface area contributed by atoms with E-state index >= 15 is 0 Å². The zero-order valence-electron chi connectivity index (χ0n) is 6.85. The van der Waals surface area contributed by atoms with Crippen LogP contribution in [0.2, 0.25) is 0 Å². The van der Waals surface area contributed by atoms with Crippen molar-refractivity contribution in [3.05, 3.63) is 0 Å². The minimum absolute atomic E-state index is 0.0731. The summed E-state index contributed by atoms with van der Waals surface area (Å²) in [5, 5.41) is 6.97. The molecule has 0 heterocycles. The number of carbonyl (C=O) groups excluding carboxylic acids is 1. The van der Waals surface area contributed by atoms with E-state index in [1.54, 1.807) is 6.92 Å². The van der Waals surface area contributed by atoms with Crippen molar-refractivity contribution in [1.82, 2.24) is 0 Å². The Kier molecular flexibility index (Phi) is 5.37. The highest BCUT2D eigenvalue weighted by atomic mass is 16.6. The lowest BCUT2D eigenvalue weighted by Crippen LogP contribution is -2.11. The van der Waals surface area contributed by atoms with Gasteiger partial charge in [-0.05, 0) is 6.92 Å². The summed E-state index contributed by atoms with van der Waals surface area (Å²) >= 11 is 0. The number of nitrogens with one attached hydrogen (secondary N) is 1. The molecule has 0 aromatic rings. The van der Waals surface area contributed by atoms with Gasteiger partial charge in [-0.25, -0.2) is 0 Å². The number of hydrogen-bond donors (Lipinski definition) is 1. The zero-order chi connectivity index (χ0) is 8.69. The molecule has 0 aliphatic carbocycles. The van der Waals surface area contributed by atoms with Crippen LogP contribution >= 0.6 is 0 Å². The molecule has 0 bridgehead atoms. The molecule has 0 rings (SSSR count). The Morgan fingerprint density at radius 3 is 2.55 bits per heavy atom. The predicted molar refractivity (Wildman–Crippen MR) is 40.9 cm³/mol. The maximum atomic E-state index is 10.7. The summed E-state index contributed by atoms with van der Waals surface area (Å²) in [6.07, 6.45) is 0.0731. The molecule has 11 heavy (non-hydrogen) atoms. The van der Waals surface area contributed by atoms with Gasteiger partial charge < -0.3 is 14.9 Å². The SMILES string of the molecule is COCCOC(=O)CC(C)=N. The number of carbonyl (C=O) groups is 1. The van der Waals surface area contributed by atoms with E-state index in [0.717, 1.165) is 0 Å². The Hall–Kier alpha value is -0.900. The first kappa shape index (κ1) is 10.1. The summed E-state index contributed by atoms with van der Waals surface area (Å²) in [7, 11) is 1.54. The van der Waals surface area contributed by atoms with Crippen molar-refractivity contribution in [3.63, 3.8) is 0 Å². The second-order valence-corrected chi connectivity index (χ2v) is 2.17. The highest BCUT2D eigenvalue weighted by Crippen LogP contribution is 1.87. The van der Waals surface area contributed by atoms with Gasteiger partial charge in [0.05, 0.1) is 13.0 Å². The highest BCUT2D eigenvalue weighted by Gasteiger charge is 2.02. The fourth-order valence-corrected chi connectivity index (χ4v) is 0.506. The first-order chi connectivity index (χ1) is 5.16. The van der Waals surface area contributed by atoms with Crippen molar-refractivity contribution in [2.75, 3.05) is 20.3 Å². The number of ether oxygens (including phenoxy) is 2. The summed E-state index contributed by atoms with van der Waals surface area (Å²) in [5.41, 5.74) is 0.312. The predicted octanol–water partition coefficient (Wildman–Crippen LogP) is 0.606. The van der Waals surface area contributed by atoms with Crippen LogP contribution in [-0.2, 0) is 14.3 Å². The Labute approximate surface area is 66.0 Å². The maximum Gasteiger partial charge on any atom is 0.311 e. The average molecular weight is 159 g/mol. The molecule has 0 unspecified atom stereocenters. The third-order valence-electron chi connectivity index (χ3n) is 0.960. The van der Waals surface area contributed by atoms with E-state index in [9.17, 15) is 4.79 Å². The monoisotopic (exact) mass is 159 g/mol. The van der Waals surface area contributed by atoms with Gasteiger partial charge in [0.15, 0.2) is 0 Å². The van der Waals surface area contributed by atoms with E-state index in [2.05, 4.69) is 9.47 Å². The van der Waals surface area contributed by atoms with Crippen molar-refractivity contribution >= 4 is 11.7 Å². The van der Waals surface area contributed by atoms with E-state index in [4.69, 9.17) is 5.41 Å². The Bertz CT molecular complexity index is 145. The molecule has 0 saturated carbocycles. The minimum Gasteiger partial charge on any atom is -0.463 e. The molecule has 0 aliphatic heterocycles. The molecule has 0 saturated heterocycles. The van der Waals surface area contributed by atoms with Gasteiger partial charge in [-0.2, -0.15) is 0 Å². The first-order valence-corrected chi connectivity index (χ1v) is 3.35. The van der Waals surface area contributed by atoms with Gasteiger partial charge in [0, 0.05) is 12.8 Å². The van der Waals surface area contributed by atoms with Gasteiger partial charge in [-0.15, -0.1) is 0 Å². The summed E-state index contributed by atoms with van der Waals surface area (Å²) < 4.78 is 9.35. The van der Waals surface area contributed by atoms with Gasteiger partial charge in [-0.3, -0.25) is 4.79 Å². The third-order valence-corrected chi connectivity index (χ3v) is 0.960. The smallest absolute Gasteiger partial charge is 0.311 e. The van der Waals surface area contributed by atoms with E-state index in [-0.39, 0.29) is 19.0 Å². The van der Waals surface area contributed by atoms with E-state index in [1.165, 1.54) is 7.11 Å². The topological polar surface area (TPSA) is 59.4 Å². The fraction of sp³-hybridized carbons (Fsp3) is 0.714. The average Bonchev–Trinajstić information content (AvgIpc) is 1.86. The first-order valence-electron chi connectivity index (χ1n) is 3.35. The molecule has 0 aliphatic rings. The molecule has 4 heteroatoms. The fourth-order valence-electron chi connectivity index (χ4n) is 0.506. The van der Waals surface area contributed by atoms with Crippen LogP contribution in [0.3, 0.4) is 0 Å². The second kappa shape index (κ2) is 5.85. The largest absolute Gasteiger partial charge is 0.463 e. The highest BCUT2D eigenvalue weighted by molar-refractivity contribution is 5.95. The molecule has 0 spiro atoms. The summed E-state index contributed by atoms with van der Waals surface area (Å²) in [4.78, 5) is 10.7. The van der Waals surface area contributed by atoms with Crippen molar-refractivity contribution < 1.29 is 14.3 Å². The standard InChI is InChI=1S/C7H13NO3/c1-6(8)5-7(9)11-4-3-10-2/h8H,3-5H2,1-2H3. The van der Waals surface area contributed by atoms with Crippen LogP contribution in [0.25, 0.3) is 0 Å². The molecule has 0 fully saturated rings. The molecule has 0 aromatic carbocycles. The van der Waals surface area contributed by atoms with Gasteiger partial charge in [0.2, 0.25) is 0 Å². The lowest BCUT2D eigenvalue weighted by atomic mass is 10.3. The number of methoxy groups -OCH3 is 1. The van der Waals surface area contributed by atoms with Crippen molar-refractivity contribution in [2.45, 2.75) is 13.3 Å². The summed E-state index contributed by atoms with van der Waals surface area (Å²) in [6.45, 7) is 2.24. The van der Waals surface area contributed by atoms with E-state index in [0.29, 0.717) is 12.3 Å². The van der Waals surface area contributed by atoms with E-state index in [1.807, 2.05) is 0 Å². The molecule has 0 amide bonds. The minimum atomic E-state index is -0.366. The Morgan fingerprint density at radius 1 is 1.45 bits per heavy atom. The van der Waals surface area contributed by atoms with Crippen LogP contribution in [0, 0.1) is 5.41 Å². The van der Waals surface area contributed by atoms with Crippen molar-refractivity contribution in [1.29, 1.82) is 5.41 Å². The second-order valence-electron chi connectivity index (χ2n) is 2.17. The van der Waals surface area contributed by atoms with Crippen molar-refractivity contribution in [3.8, 4) is 0 Å².